The number of non-ortho nitro benzene ring substituents is 1. The van der Waals surface area contributed by atoms with Gasteiger partial charge in [-0.25, -0.2) is 0 Å². The lowest BCUT2D eigenvalue weighted by Gasteiger charge is -2.02. The van der Waals surface area contributed by atoms with Gasteiger partial charge in [0.05, 0.1) is 15.1 Å². The summed E-state index contributed by atoms with van der Waals surface area (Å²) in [6, 6.07) is 12.8. The number of nitrogens with zero attached hydrogens (tertiary/aromatic N) is 3. The van der Waals surface area contributed by atoms with Crippen LogP contribution in [0, 0.1) is 17.0 Å². The Morgan fingerprint density at radius 2 is 2.07 bits per heavy atom. The normalized spacial score (nSPS) is 11.7. The molecule has 28 heavy (non-hydrogen) atoms. The van der Waals surface area contributed by atoms with Crippen LogP contribution in [0.4, 0.5) is 5.69 Å². The summed E-state index contributed by atoms with van der Waals surface area (Å²) < 4.78 is 2.62. The molecule has 8 heteroatoms. The second-order valence-corrected chi connectivity index (χ2v) is 8.29. The van der Waals surface area contributed by atoms with Crippen molar-refractivity contribution in [3.63, 3.8) is 0 Å². The second kappa shape index (κ2) is 8.99. The quantitative estimate of drug-likeness (QED) is 0.243. The fourth-order valence-corrected chi connectivity index (χ4v) is 4.49. The van der Waals surface area contributed by atoms with Crippen molar-refractivity contribution < 1.29 is 9.72 Å². The molecule has 0 radical (unpaired) electrons. The summed E-state index contributed by atoms with van der Waals surface area (Å²) in [5.74, 6) is 0.432. The smallest absolute Gasteiger partial charge is 0.271 e. The number of aryl methyl sites for hydroxylation is 1. The monoisotopic (exact) mass is 413 g/mol. The van der Waals surface area contributed by atoms with Crippen molar-refractivity contribution in [1.82, 2.24) is 4.57 Å². The van der Waals surface area contributed by atoms with E-state index in [2.05, 4.69) is 11.6 Å². The molecule has 0 aliphatic carbocycles. The Balaban J connectivity index is 1.80. The van der Waals surface area contributed by atoms with Gasteiger partial charge in [-0.3, -0.25) is 14.9 Å². The molecule has 0 bridgehead atoms. The third-order valence-electron chi connectivity index (χ3n) is 4.01. The second-order valence-electron chi connectivity index (χ2n) is 6.11. The summed E-state index contributed by atoms with van der Waals surface area (Å²) >= 11 is 2.96. The number of nitro groups is 1. The van der Waals surface area contributed by atoms with E-state index in [0.717, 1.165) is 9.60 Å². The molecule has 0 saturated carbocycles. The number of rotatable bonds is 7. The summed E-state index contributed by atoms with van der Waals surface area (Å²) in [7, 11) is 0. The van der Waals surface area contributed by atoms with E-state index in [1.54, 1.807) is 28.5 Å². The first-order chi connectivity index (χ1) is 13.5. The molecule has 0 atom stereocenters. The fourth-order valence-electron chi connectivity index (χ4n) is 2.62. The van der Waals surface area contributed by atoms with Gasteiger partial charge in [0.2, 0.25) is 5.91 Å². The van der Waals surface area contributed by atoms with Crippen LogP contribution in [0.2, 0.25) is 0 Å². The maximum absolute atomic E-state index is 12.3. The molecule has 1 aromatic heterocycles. The number of benzene rings is 2. The number of carbonyl (C=O) groups excluding carboxylic acids is 1. The molecule has 0 N–H and O–H groups in total. The fraction of sp³-hybridized carbons (Fsp3) is 0.200. The van der Waals surface area contributed by atoms with Crippen LogP contribution in [-0.4, -0.2) is 21.2 Å². The van der Waals surface area contributed by atoms with Crippen molar-refractivity contribution >= 4 is 44.9 Å². The molecule has 0 aliphatic heterocycles. The van der Waals surface area contributed by atoms with Crippen molar-refractivity contribution in [1.29, 1.82) is 0 Å². The molecule has 3 rings (SSSR count). The maximum Gasteiger partial charge on any atom is 0.271 e. The third kappa shape index (κ3) is 4.76. The van der Waals surface area contributed by atoms with Gasteiger partial charge in [0.15, 0.2) is 4.80 Å². The Kier molecular flexibility index (Phi) is 6.43. The number of hydrogen-bond acceptors (Lipinski definition) is 5. The van der Waals surface area contributed by atoms with Gasteiger partial charge in [-0.15, -0.1) is 18.3 Å². The van der Waals surface area contributed by atoms with E-state index in [9.17, 15) is 14.9 Å². The molecule has 1 heterocycles. The highest BCUT2D eigenvalue weighted by atomic mass is 32.2. The molecule has 0 saturated heterocycles. The number of hydrogen-bond donors (Lipinski definition) is 0. The minimum atomic E-state index is -0.431. The van der Waals surface area contributed by atoms with Crippen molar-refractivity contribution in [2.24, 2.45) is 4.99 Å². The number of aromatic nitrogens is 1. The number of thioether (sulfide) groups is 1. The summed E-state index contributed by atoms with van der Waals surface area (Å²) in [4.78, 5) is 28.9. The number of fused-ring (bicyclic) bond motifs is 1. The highest BCUT2D eigenvalue weighted by Crippen LogP contribution is 2.23. The van der Waals surface area contributed by atoms with Crippen LogP contribution in [0.3, 0.4) is 0 Å². The van der Waals surface area contributed by atoms with Crippen LogP contribution in [-0.2, 0) is 11.3 Å². The average Bonchev–Trinajstić information content (AvgIpc) is 3.00. The molecule has 3 aromatic rings. The summed E-state index contributed by atoms with van der Waals surface area (Å²) in [5, 5.41) is 11.1. The van der Waals surface area contributed by atoms with Crippen molar-refractivity contribution in [3.05, 3.63) is 75.6 Å². The standard InChI is InChI=1S/C20H19N3O3S2/c1-3-11-22-17-13-15(23(25)26)6-9-18(17)28-20(22)21-19(24)10-12-27-16-7-4-14(2)5-8-16/h3-9,13H,1,10-12H2,2H3. The molecule has 0 fully saturated rings. The van der Waals surface area contributed by atoms with Gasteiger partial charge in [-0.05, 0) is 25.1 Å². The Hall–Kier alpha value is -2.71. The predicted octanol–water partition coefficient (Wildman–Crippen LogP) is 4.72. The number of nitro benzene ring substituents is 1. The molecular weight excluding hydrogens is 394 g/mol. The maximum atomic E-state index is 12.3. The van der Waals surface area contributed by atoms with Crippen molar-refractivity contribution in [3.8, 4) is 0 Å². The van der Waals surface area contributed by atoms with Gasteiger partial charge in [0.25, 0.3) is 5.69 Å². The minimum Gasteiger partial charge on any atom is -0.312 e. The van der Waals surface area contributed by atoms with Crippen LogP contribution in [0.1, 0.15) is 12.0 Å². The summed E-state index contributed by atoms with van der Waals surface area (Å²) in [5.41, 5.74) is 1.89. The van der Waals surface area contributed by atoms with Crippen LogP contribution < -0.4 is 4.80 Å². The molecule has 2 aromatic carbocycles. The minimum absolute atomic E-state index is 0.00971. The Morgan fingerprint density at radius 1 is 1.32 bits per heavy atom. The van der Waals surface area contributed by atoms with Crippen LogP contribution in [0.25, 0.3) is 10.2 Å². The van der Waals surface area contributed by atoms with E-state index in [1.165, 1.54) is 29.0 Å². The topological polar surface area (TPSA) is 77.5 Å². The van der Waals surface area contributed by atoms with E-state index < -0.39 is 4.92 Å². The van der Waals surface area contributed by atoms with Crippen molar-refractivity contribution in [2.45, 2.75) is 24.8 Å². The lowest BCUT2D eigenvalue weighted by Crippen LogP contribution is -2.16. The molecule has 144 valence electrons. The van der Waals surface area contributed by atoms with E-state index >= 15 is 0 Å². The molecular formula is C20H19N3O3S2. The Morgan fingerprint density at radius 3 is 2.75 bits per heavy atom. The van der Waals surface area contributed by atoms with Gasteiger partial charge in [-0.2, -0.15) is 4.99 Å². The Bertz CT molecular complexity index is 1100. The lowest BCUT2D eigenvalue weighted by molar-refractivity contribution is -0.384. The van der Waals surface area contributed by atoms with Gasteiger partial charge >= 0.3 is 0 Å². The SMILES string of the molecule is C=CCn1c(=NC(=O)CCSc2ccc(C)cc2)sc2ccc([N+](=O)[O-])cc21. The zero-order chi connectivity index (χ0) is 20.1. The molecule has 0 aliphatic rings. The van der Waals surface area contributed by atoms with Crippen molar-refractivity contribution in [2.75, 3.05) is 5.75 Å². The Labute approximate surface area is 170 Å². The number of thiazole rings is 1. The molecule has 0 spiro atoms. The average molecular weight is 414 g/mol. The summed E-state index contributed by atoms with van der Waals surface area (Å²) in [6.07, 6.45) is 2.00. The number of carbonyl (C=O) groups is 1. The van der Waals surface area contributed by atoms with E-state index in [0.29, 0.717) is 29.0 Å². The first kappa shape index (κ1) is 20.0. The largest absolute Gasteiger partial charge is 0.312 e. The van der Waals surface area contributed by atoms with E-state index in [4.69, 9.17) is 0 Å². The zero-order valence-corrected chi connectivity index (χ0v) is 17.0. The lowest BCUT2D eigenvalue weighted by atomic mass is 10.2. The van der Waals surface area contributed by atoms with Gasteiger partial charge in [-0.1, -0.05) is 35.1 Å². The first-order valence-electron chi connectivity index (χ1n) is 8.63. The van der Waals surface area contributed by atoms with Gasteiger partial charge < -0.3 is 4.57 Å². The van der Waals surface area contributed by atoms with Gasteiger partial charge in [0.1, 0.15) is 0 Å². The zero-order valence-electron chi connectivity index (χ0n) is 15.3. The molecule has 6 nitrogen and oxygen atoms in total. The highest BCUT2D eigenvalue weighted by Gasteiger charge is 2.12. The third-order valence-corrected chi connectivity index (χ3v) is 6.09. The predicted molar refractivity (Wildman–Crippen MR) is 114 cm³/mol. The molecule has 1 amide bonds. The summed E-state index contributed by atoms with van der Waals surface area (Å²) in [6.45, 7) is 6.19. The van der Waals surface area contributed by atoms with E-state index in [-0.39, 0.29) is 11.6 Å². The number of allylic oxidation sites excluding steroid dienone is 1. The molecule has 0 unspecified atom stereocenters. The first-order valence-corrected chi connectivity index (χ1v) is 10.4. The van der Waals surface area contributed by atoms with Crippen LogP contribution in [0.5, 0.6) is 0 Å². The highest BCUT2D eigenvalue weighted by molar-refractivity contribution is 7.99. The van der Waals surface area contributed by atoms with Crippen LogP contribution in [0.15, 0.2) is 65.0 Å². The van der Waals surface area contributed by atoms with Crippen LogP contribution >= 0.6 is 23.1 Å². The van der Waals surface area contributed by atoms with E-state index in [1.807, 2.05) is 31.2 Å². The number of amides is 1. The van der Waals surface area contributed by atoms with Gasteiger partial charge in [0, 0.05) is 35.7 Å².